The van der Waals surface area contributed by atoms with Crippen molar-refractivity contribution in [3.05, 3.63) is 83.6 Å². The monoisotopic (exact) mass is 473 g/mol. The topological polar surface area (TPSA) is 69.3 Å². The van der Waals surface area contributed by atoms with Crippen LogP contribution in [0.2, 0.25) is 0 Å². The quantitative estimate of drug-likeness (QED) is 0.246. The molecule has 0 spiro atoms. The number of unbranched alkanes of at least 4 members (excludes halogenated alkanes) is 2. The van der Waals surface area contributed by atoms with Gasteiger partial charge < -0.3 is 19.0 Å². The van der Waals surface area contributed by atoms with Crippen molar-refractivity contribution in [2.75, 3.05) is 13.2 Å². The summed E-state index contributed by atoms with van der Waals surface area (Å²) in [6, 6.07) is 18.1. The van der Waals surface area contributed by atoms with Crippen molar-refractivity contribution >= 4 is 16.9 Å². The van der Waals surface area contributed by atoms with Gasteiger partial charge in [-0.1, -0.05) is 44.5 Å². The Morgan fingerprint density at radius 2 is 1.94 bits per heavy atom. The number of aryl methyl sites for hydroxylation is 2. The summed E-state index contributed by atoms with van der Waals surface area (Å²) in [5.41, 5.74) is 4.61. The number of furan rings is 1. The number of para-hydroxylation sites is 2. The average Bonchev–Trinajstić information content (AvgIpc) is 3.50. The number of ether oxygens (including phenoxy) is 1. The van der Waals surface area contributed by atoms with Crippen molar-refractivity contribution in [1.82, 2.24) is 14.9 Å². The Bertz CT molecular complexity index is 1240. The van der Waals surface area contributed by atoms with E-state index in [-0.39, 0.29) is 5.91 Å². The van der Waals surface area contributed by atoms with Gasteiger partial charge in [0.1, 0.15) is 18.2 Å². The number of nitrogens with zero attached hydrogens (tertiary/aromatic N) is 2. The number of hydrogen-bond donors (Lipinski definition) is 1. The fourth-order valence-electron chi connectivity index (χ4n) is 4.34. The van der Waals surface area contributed by atoms with Gasteiger partial charge in [0.2, 0.25) is 0 Å². The molecule has 6 heteroatoms. The molecule has 0 aliphatic heterocycles. The van der Waals surface area contributed by atoms with Crippen molar-refractivity contribution in [3.63, 3.8) is 0 Å². The molecule has 1 amide bonds. The SMILES string of the molecule is Cc1ccc(C(C)C)c(OCCn2c(CCCCCNC(=O)c3ccco3)nc3ccccc32)c1. The van der Waals surface area contributed by atoms with E-state index in [9.17, 15) is 4.79 Å². The summed E-state index contributed by atoms with van der Waals surface area (Å²) in [6.07, 6.45) is 5.34. The number of aromatic nitrogens is 2. The molecular weight excluding hydrogens is 438 g/mol. The van der Waals surface area contributed by atoms with Gasteiger partial charge in [-0.15, -0.1) is 0 Å². The minimum atomic E-state index is -0.161. The van der Waals surface area contributed by atoms with E-state index >= 15 is 0 Å². The van der Waals surface area contributed by atoms with Gasteiger partial charge in [0.15, 0.2) is 5.76 Å². The van der Waals surface area contributed by atoms with Crippen LogP contribution in [-0.4, -0.2) is 28.6 Å². The van der Waals surface area contributed by atoms with E-state index in [4.69, 9.17) is 14.1 Å². The van der Waals surface area contributed by atoms with Crippen LogP contribution in [0, 0.1) is 6.92 Å². The largest absolute Gasteiger partial charge is 0.491 e. The van der Waals surface area contributed by atoms with E-state index in [1.165, 1.54) is 17.4 Å². The summed E-state index contributed by atoms with van der Waals surface area (Å²) < 4.78 is 13.7. The van der Waals surface area contributed by atoms with Crippen molar-refractivity contribution in [1.29, 1.82) is 0 Å². The van der Waals surface area contributed by atoms with E-state index in [0.717, 1.165) is 54.8 Å². The lowest BCUT2D eigenvalue weighted by Crippen LogP contribution is -2.23. The van der Waals surface area contributed by atoms with Gasteiger partial charge in [-0.3, -0.25) is 4.79 Å². The van der Waals surface area contributed by atoms with Gasteiger partial charge in [0.25, 0.3) is 5.91 Å². The molecule has 184 valence electrons. The number of amides is 1. The normalized spacial score (nSPS) is 11.3. The molecule has 35 heavy (non-hydrogen) atoms. The first-order valence-electron chi connectivity index (χ1n) is 12.5. The molecule has 0 aliphatic carbocycles. The number of carbonyl (C=O) groups excluding carboxylic acids is 1. The molecule has 0 bridgehead atoms. The summed E-state index contributed by atoms with van der Waals surface area (Å²) in [4.78, 5) is 16.9. The van der Waals surface area contributed by atoms with Crippen LogP contribution >= 0.6 is 0 Å². The van der Waals surface area contributed by atoms with Crippen LogP contribution in [0.4, 0.5) is 0 Å². The molecule has 1 N–H and O–H groups in total. The second kappa shape index (κ2) is 11.7. The van der Waals surface area contributed by atoms with Crippen molar-refractivity contribution < 1.29 is 13.9 Å². The molecule has 2 heterocycles. The predicted molar refractivity (Wildman–Crippen MR) is 139 cm³/mol. The van der Waals surface area contributed by atoms with Crippen LogP contribution in [0.15, 0.2) is 65.3 Å². The Hall–Kier alpha value is -3.54. The van der Waals surface area contributed by atoms with E-state index in [0.29, 0.717) is 24.8 Å². The lowest BCUT2D eigenvalue weighted by Gasteiger charge is -2.16. The molecule has 2 aromatic heterocycles. The molecule has 0 saturated heterocycles. The fourth-order valence-corrected chi connectivity index (χ4v) is 4.34. The molecule has 0 radical (unpaired) electrons. The van der Waals surface area contributed by atoms with Crippen LogP contribution in [0.1, 0.15) is 66.5 Å². The number of carbonyl (C=O) groups is 1. The highest BCUT2D eigenvalue weighted by atomic mass is 16.5. The first kappa shape index (κ1) is 24.6. The summed E-state index contributed by atoms with van der Waals surface area (Å²) >= 11 is 0. The molecule has 0 fully saturated rings. The van der Waals surface area contributed by atoms with Crippen LogP contribution in [-0.2, 0) is 13.0 Å². The number of rotatable bonds is 12. The number of imidazole rings is 1. The second-order valence-corrected chi connectivity index (χ2v) is 9.26. The van der Waals surface area contributed by atoms with Crippen LogP contribution < -0.4 is 10.1 Å². The highest BCUT2D eigenvalue weighted by Crippen LogP contribution is 2.27. The van der Waals surface area contributed by atoms with Gasteiger partial charge in [-0.05, 0) is 67.1 Å². The molecule has 0 unspecified atom stereocenters. The maximum Gasteiger partial charge on any atom is 0.286 e. The van der Waals surface area contributed by atoms with Crippen molar-refractivity contribution in [2.45, 2.75) is 58.9 Å². The van der Waals surface area contributed by atoms with Gasteiger partial charge in [-0.2, -0.15) is 0 Å². The Morgan fingerprint density at radius 3 is 2.74 bits per heavy atom. The van der Waals surface area contributed by atoms with E-state index in [2.05, 4.69) is 67.1 Å². The number of fused-ring (bicyclic) bond motifs is 1. The standard InChI is InChI=1S/C29H35N3O3/c1-21(2)23-15-14-22(3)20-27(23)35-19-17-32-25-11-7-6-10-24(25)31-28(32)13-5-4-8-16-30-29(33)26-12-9-18-34-26/h6-7,9-12,14-15,18,20-21H,4-5,8,13,16-17,19H2,1-3H3,(H,30,33). The van der Waals surface area contributed by atoms with Gasteiger partial charge >= 0.3 is 0 Å². The summed E-state index contributed by atoms with van der Waals surface area (Å²) in [5.74, 6) is 2.67. The summed E-state index contributed by atoms with van der Waals surface area (Å²) in [5, 5.41) is 2.91. The summed E-state index contributed by atoms with van der Waals surface area (Å²) in [7, 11) is 0. The Morgan fingerprint density at radius 1 is 1.09 bits per heavy atom. The highest BCUT2D eigenvalue weighted by molar-refractivity contribution is 5.91. The zero-order valence-electron chi connectivity index (χ0n) is 20.9. The highest BCUT2D eigenvalue weighted by Gasteiger charge is 2.12. The van der Waals surface area contributed by atoms with E-state index in [1.807, 2.05) is 6.07 Å². The number of nitrogens with one attached hydrogen (secondary N) is 1. The van der Waals surface area contributed by atoms with E-state index in [1.54, 1.807) is 12.1 Å². The number of benzene rings is 2. The molecular formula is C29H35N3O3. The minimum Gasteiger partial charge on any atom is -0.491 e. The van der Waals surface area contributed by atoms with E-state index < -0.39 is 0 Å². The second-order valence-electron chi connectivity index (χ2n) is 9.26. The van der Waals surface area contributed by atoms with Gasteiger partial charge in [-0.25, -0.2) is 4.98 Å². The Kier molecular flexibility index (Phi) is 8.24. The molecule has 4 aromatic rings. The van der Waals surface area contributed by atoms with Gasteiger partial charge in [0.05, 0.1) is 23.8 Å². The molecule has 0 saturated carbocycles. The Labute approximate surface area is 207 Å². The molecule has 0 aliphatic rings. The smallest absolute Gasteiger partial charge is 0.286 e. The van der Waals surface area contributed by atoms with Gasteiger partial charge in [0, 0.05) is 13.0 Å². The van der Waals surface area contributed by atoms with Crippen LogP contribution in [0.3, 0.4) is 0 Å². The summed E-state index contributed by atoms with van der Waals surface area (Å²) in [6.45, 7) is 8.47. The van der Waals surface area contributed by atoms with Crippen molar-refractivity contribution in [2.24, 2.45) is 0 Å². The van der Waals surface area contributed by atoms with Crippen molar-refractivity contribution in [3.8, 4) is 5.75 Å². The third-order valence-corrected chi connectivity index (χ3v) is 6.20. The molecule has 4 rings (SSSR count). The minimum absolute atomic E-state index is 0.161. The molecule has 0 atom stereocenters. The Balaban J connectivity index is 1.32. The maximum absolute atomic E-state index is 12.0. The van der Waals surface area contributed by atoms with Crippen LogP contribution in [0.25, 0.3) is 11.0 Å². The zero-order chi connectivity index (χ0) is 24.6. The maximum atomic E-state index is 12.0. The average molecular weight is 474 g/mol. The van der Waals surface area contributed by atoms with Crippen LogP contribution in [0.5, 0.6) is 5.75 Å². The lowest BCUT2D eigenvalue weighted by atomic mass is 10.0. The first-order chi connectivity index (χ1) is 17.0. The third kappa shape index (κ3) is 6.32. The third-order valence-electron chi connectivity index (χ3n) is 6.20. The first-order valence-corrected chi connectivity index (χ1v) is 12.5. The zero-order valence-corrected chi connectivity index (χ0v) is 20.9. The molecule has 6 nitrogen and oxygen atoms in total. The fraction of sp³-hybridized carbons (Fsp3) is 0.379. The lowest BCUT2D eigenvalue weighted by molar-refractivity contribution is 0.0925. The number of hydrogen-bond acceptors (Lipinski definition) is 4. The predicted octanol–water partition coefficient (Wildman–Crippen LogP) is 6.28. The molecule has 2 aromatic carbocycles.